The Morgan fingerprint density at radius 2 is 1.90 bits per heavy atom. The Hall–Kier alpha value is -1.13. The van der Waals surface area contributed by atoms with Crippen LogP contribution in [-0.4, -0.2) is 0 Å². The highest BCUT2D eigenvalue weighted by Crippen LogP contribution is 2.06. The number of benzene rings is 1. The van der Waals surface area contributed by atoms with Gasteiger partial charge in [0.1, 0.15) is 0 Å². The lowest BCUT2D eigenvalue weighted by Crippen LogP contribution is -1.87. The number of para-hydroxylation sites is 1. The maximum absolute atomic E-state index is 5.49. The number of halogens is 1. The van der Waals surface area contributed by atoms with Crippen LogP contribution >= 0.6 is 12.4 Å². The Morgan fingerprint density at radius 3 is 2.30 bits per heavy atom. The van der Waals surface area contributed by atoms with Crippen LogP contribution in [0.15, 0.2) is 24.3 Å². The zero-order valence-corrected chi connectivity index (χ0v) is 6.19. The zero-order valence-electron chi connectivity index (χ0n) is 5.37. The molecule has 0 heterocycles. The van der Waals surface area contributed by atoms with Crippen molar-refractivity contribution in [3.8, 4) is 12.3 Å². The van der Waals surface area contributed by atoms with Crippen LogP contribution in [0, 0.1) is 12.3 Å². The number of anilines is 1. The van der Waals surface area contributed by atoms with Gasteiger partial charge in [-0.15, -0.1) is 18.8 Å². The minimum atomic E-state index is 0. The first-order valence-electron chi connectivity index (χ1n) is 2.65. The number of terminal acetylenes is 1. The van der Waals surface area contributed by atoms with Crippen LogP contribution in [0.25, 0.3) is 0 Å². The number of rotatable bonds is 0. The summed E-state index contributed by atoms with van der Waals surface area (Å²) in [5.41, 5.74) is 6.92. The summed E-state index contributed by atoms with van der Waals surface area (Å²) in [7, 11) is 0. The number of hydrogen-bond acceptors (Lipinski definition) is 1. The fourth-order valence-corrected chi connectivity index (χ4v) is 0.628. The average Bonchev–Trinajstić information content (AvgIpc) is 1.89. The Labute approximate surface area is 66.7 Å². The molecule has 10 heavy (non-hydrogen) atoms. The van der Waals surface area contributed by atoms with Gasteiger partial charge in [-0.1, -0.05) is 18.1 Å². The van der Waals surface area contributed by atoms with Crippen molar-refractivity contribution < 1.29 is 0 Å². The third-order valence-corrected chi connectivity index (χ3v) is 1.12. The highest BCUT2D eigenvalue weighted by atomic mass is 35.5. The SMILES string of the molecule is C#Cc1ccccc1N.Cl. The fourth-order valence-electron chi connectivity index (χ4n) is 0.628. The Balaban J connectivity index is 0.000000810. The molecule has 0 amide bonds. The fraction of sp³-hybridized carbons (Fsp3) is 0. The van der Waals surface area contributed by atoms with Gasteiger partial charge >= 0.3 is 0 Å². The molecule has 1 rings (SSSR count). The molecule has 2 heteroatoms. The smallest absolute Gasteiger partial charge is 0.0473 e. The van der Waals surface area contributed by atoms with E-state index >= 15 is 0 Å². The van der Waals surface area contributed by atoms with Gasteiger partial charge in [-0.05, 0) is 12.1 Å². The van der Waals surface area contributed by atoms with Crippen LogP contribution in [0.1, 0.15) is 5.56 Å². The van der Waals surface area contributed by atoms with Gasteiger partial charge in [0.2, 0.25) is 0 Å². The summed E-state index contributed by atoms with van der Waals surface area (Å²) in [6.07, 6.45) is 5.12. The predicted molar refractivity (Wildman–Crippen MR) is 46.0 cm³/mol. The minimum Gasteiger partial charge on any atom is -0.398 e. The lowest BCUT2D eigenvalue weighted by Gasteiger charge is -1.93. The third-order valence-electron chi connectivity index (χ3n) is 1.12. The number of nitrogen functional groups attached to an aromatic ring is 1. The van der Waals surface area contributed by atoms with Crippen molar-refractivity contribution in [2.75, 3.05) is 5.73 Å². The second-order valence-corrected chi connectivity index (χ2v) is 1.73. The largest absolute Gasteiger partial charge is 0.398 e. The van der Waals surface area contributed by atoms with Gasteiger partial charge in [0.15, 0.2) is 0 Å². The molecule has 0 unspecified atom stereocenters. The van der Waals surface area contributed by atoms with Crippen LogP contribution in [0.5, 0.6) is 0 Å². The summed E-state index contributed by atoms with van der Waals surface area (Å²) in [6.45, 7) is 0. The van der Waals surface area contributed by atoms with Crippen molar-refractivity contribution in [2.24, 2.45) is 0 Å². The Bertz CT molecular complexity index is 250. The van der Waals surface area contributed by atoms with Crippen LogP contribution < -0.4 is 5.73 Å². The molecular formula is C8H8ClN. The first kappa shape index (κ1) is 8.87. The molecule has 0 saturated heterocycles. The summed E-state index contributed by atoms with van der Waals surface area (Å²) in [5, 5.41) is 0. The van der Waals surface area contributed by atoms with E-state index in [4.69, 9.17) is 12.2 Å². The molecule has 0 aliphatic carbocycles. The van der Waals surface area contributed by atoms with Crippen molar-refractivity contribution in [2.45, 2.75) is 0 Å². The quantitative estimate of drug-likeness (QED) is 0.446. The molecule has 2 N–H and O–H groups in total. The van der Waals surface area contributed by atoms with Crippen LogP contribution in [-0.2, 0) is 0 Å². The van der Waals surface area contributed by atoms with Gasteiger partial charge in [0.05, 0.1) is 0 Å². The molecule has 0 radical (unpaired) electrons. The van der Waals surface area contributed by atoms with Crippen molar-refractivity contribution in [3.05, 3.63) is 29.8 Å². The zero-order chi connectivity index (χ0) is 6.69. The lowest BCUT2D eigenvalue weighted by molar-refractivity contribution is 1.63. The van der Waals surface area contributed by atoms with Gasteiger partial charge in [0, 0.05) is 11.3 Å². The van der Waals surface area contributed by atoms with Gasteiger partial charge in [-0.25, -0.2) is 0 Å². The molecule has 52 valence electrons. The summed E-state index contributed by atoms with van der Waals surface area (Å²) in [4.78, 5) is 0. The third kappa shape index (κ3) is 1.68. The van der Waals surface area contributed by atoms with Crippen LogP contribution in [0.3, 0.4) is 0 Å². The standard InChI is InChI=1S/C8H7N.ClH/c1-2-7-5-3-4-6-8(7)9;/h1,3-6H,9H2;1H. The summed E-state index contributed by atoms with van der Waals surface area (Å²) in [6, 6.07) is 7.33. The molecule has 0 bridgehead atoms. The van der Waals surface area contributed by atoms with E-state index in [-0.39, 0.29) is 12.4 Å². The van der Waals surface area contributed by atoms with E-state index in [0.717, 1.165) is 5.56 Å². The van der Waals surface area contributed by atoms with E-state index in [9.17, 15) is 0 Å². The maximum atomic E-state index is 5.49. The molecule has 0 aliphatic heterocycles. The number of nitrogens with two attached hydrogens (primary N) is 1. The normalized spacial score (nSPS) is 7.50. The first-order valence-corrected chi connectivity index (χ1v) is 2.65. The van der Waals surface area contributed by atoms with Crippen molar-refractivity contribution in [1.29, 1.82) is 0 Å². The Kier molecular flexibility index (Phi) is 3.38. The molecule has 0 aromatic heterocycles. The van der Waals surface area contributed by atoms with Gasteiger partial charge in [0.25, 0.3) is 0 Å². The summed E-state index contributed by atoms with van der Waals surface area (Å²) >= 11 is 0. The molecule has 0 atom stereocenters. The topological polar surface area (TPSA) is 26.0 Å². The molecule has 0 aliphatic rings. The molecule has 1 aromatic carbocycles. The average molecular weight is 154 g/mol. The molecule has 1 nitrogen and oxygen atoms in total. The van der Waals surface area contributed by atoms with E-state index in [1.807, 2.05) is 18.2 Å². The summed E-state index contributed by atoms with van der Waals surface area (Å²) < 4.78 is 0. The van der Waals surface area contributed by atoms with E-state index in [1.165, 1.54) is 0 Å². The second-order valence-electron chi connectivity index (χ2n) is 1.73. The monoisotopic (exact) mass is 153 g/mol. The predicted octanol–water partition coefficient (Wildman–Crippen LogP) is 1.67. The molecular weight excluding hydrogens is 146 g/mol. The highest BCUT2D eigenvalue weighted by Gasteiger charge is 1.88. The van der Waals surface area contributed by atoms with Crippen molar-refractivity contribution >= 4 is 18.1 Å². The van der Waals surface area contributed by atoms with Crippen molar-refractivity contribution in [1.82, 2.24) is 0 Å². The van der Waals surface area contributed by atoms with Gasteiger partial charge < -0.3 is 5.73 Å². The van der Waals surface area contributed by atoms with Crippen LogP contribution in [0.2, 0.25) is 0 Å². The van der Waals surface area contributed by atoms with Crippen molar-refractivity contribution in [3.63, 3.8) is 0 Å². The molecule has 0 fully saturated rings. The lowest BCUT2D eigenvalue weighted by atomic mass is 10.2. The summed E-state index contributed by atoms with van der Waals surface area (Å²) in [5.74, 6) is 2.47. The number of hydrogen-bond donors (Lipinski definition) is 1. The Morgan fingerprint density at radius 1 is 1.30 bits per heavy atom. The molecule has 0 spiro atoms. The van der Waals surface area contributed by atoms with E-state index in [1.54, 1.807) is 6.07 Å². The second kappa shape index (κ2) is 3.81. The van der Waals surface area contributed by atoms with E-state index in [0.29, 0.717) is 5.69 Å². The minimum absolute atomic E-state index is 0. The first-order chi connectivity index (χ1) is 4.34. The van der Waals surface area contributed by atoms with Gasteiger partial charge in [-0.3, -0.25) is 0 Å². The maximum Gasteiger partial charge on any atom is 0.0473 e. The van der Waals surface area contributed by atoms with E-state index in [2.05, 4.69) is 5.92 Å². The van der Waals surface area contributed by atoms with Gasteiger partial charge in [-0.2, -0.15) is 0 Å². The molecule has 0 saturated carbocycles. The molecule has 1 aromatic rings. The van der Waals surface area contributed by atoms with E-state index < -0.39 is 0 Å². The highest BCUT2D eigenvalue weighted by molar-refractivity contribution is 5.85. The van der Waals surface area contributed by atoms with Crippen LogP contribution in [0.4, 0.5) is 5.69 Å².